The van der Waals surface area contributed by atoms with Crippen molar-refractivity contribution in [1.82, 2.24) is 0 Å². The van der Waals surface area contributed by atoms with E-state index in [9.17, 15) is 14.7 Å². The molecule has 122 valence electrons. The van der Waals surface area contributed by atoms with Gasteiger partial charge in [-0.15, -0.1) is 0 Å². The van der Waals surface area contributed by atoms with Gasteiger partial charge in [-0.1, -0.05) is 67.9 Å². The smallest absolute Gasteiger partial charge is 0.234 e. The maximum absolute atomic E-state index is 12.5. The zero-order chi connectivity index (χ0) is 17.1. The molecule has 1 aliphatic carbocycles. The molecule has 3 heteroatoms. The largest absolute Gasteiger partial charge is 0.507 e. The Morgan fingerprint density at radius 1 is 0.875 bits per heavy atom. The number of fused-ring (bicyclic) bond motifs is 1. The summed E-state index contributed by atoms with van der Waals surface area (Å²) in [5.74, 6) is -1.05. The van der Waals surface area contributed by atoms with E-state index in [1.165, 1.54) is 0 Å². The number of allylic oxidation sites excluding steroid dienone is 1. The zero-order valence-corrected chi connectivity index (χ0v) is 13.7. The van der Waals surface area contributed by atoms with E-state index in [1.54, 1.807) is 24.3 Å². The van der Waals surface area contributed by atoms with Crippen LogP contribution in [0.25, 0.3) is 5.76 Å². The van der Waals surface area contributed by atoms with E-state index in [2.05, 4.69) is 6.92 Å². The van der Waals surface area contributed by atoms with Crippen LogP contribution in [0.4, 0.5) is 0 Å². The summed E-state index contributed by atoms with van der Waals surface area (Å²) >= 11 is 0. The van der Waals surface area contributed by atoms with E-state index >= 15 is 0 Å². The average molecular weight is 320 g/mol. The molecule has 0 fully saturated rings. The number of Topliss-reactive ketones (excluding diaryl/α,β-unsaturated/α-hetero) is 2. The Bertz CT molecular complexity index is 803. The van der Waals surface area contributed by atoms with Gasteiger partial charge < -0.3 is 5.11 Å². The Morgan fingerprint density at radius 3 is 2.17 bits per heavy atom. The third-order valence-electron chi connectivity index (χ3n) is 4.55. The van der Waals surface area contributed by atoms with Crippen molar-refractivity contribution in [2.75, 3.05) is 0 Å². The molecule has 0 radical (unpaired) electrons. The first kappa shape index (κ1) is 16.2. The standard InChI is InChI=1S/C21H20O3/c1-2-8-15(14-9-4-3-5-10-14)13-18-19(22)16-11-6-7-12-17(16)20(23)21(18)24/h3-7,9-12,15,22H,2,8,13H2,1H3/t15-/m0/s1. The lowest BCUT2D eigenvalue weighted by molar-refractivity contribution is -0.112. The van der Waals surface area contributed by atoms with Crippen LogP contribution in [0.3, 0.4) is 0 Å². The number of rotatable bonds is 5. The van der Waals surface area contributed by atoms with Crippen LogP contribution in [0, 0.1) is 0 Å². The zero-order valence-electron chi connectivity index (χ0n) is 13.7. The van der Waals surface area contributed by atoms with Gasteiger partial charge in [0.2, 0.25) is 11.6 Å². The van der Waals surface area contributed by atoms with E-state index in [-0.39, 0.29) is 22.8 Å². The van der Waals surface area contributed by atoms with Gasteiger partial charge in [0, 0.05) is 16.7 Å². The SMILES string of the molecule is CCC[C@@H](CC1=C(O)c2ccccc2C(=O)C1=O)c1ccccc1. The van der Waals surface area contributed by atoms with E-state index < -0.39 is 11.6 Å². The van der Waals surface area contributed by atoms with Crippen LogP contribution in [0.1, 0.15) is 53.6 Å². The van der Waals surface area contributed by atoms with Gasteiger partial charge >= 0.3 is 0 Å². The minimum Gasteiger partial charge on any atom is -0.507 e. The Labute approximate surface area is 141 Å². The third-order valence-corrected chi connectivity index (χ3v) is 4.55. The third kappa shape index (κ3) is 2.90. The number of hydrogen-bond donors (Lipinski definition) is 1. The highest BCUT2D eigenvalue weighted by atomic mass is 16.3. The summed E-state index contributed by atoms with van der Waals surface area (Å²) in [4.78, 5) is 24.9. The summed E-state index contributed by atoms with van der Waals surface area (Å²) in [6, 6.07) is 16.7. The molecule has 2 aromatic rings. The van der Waals surface area contributed by atoms with Crippen molar-refractivity contribution < 1.29 is 14.7 Å². The van der Waals surface area contributed by atoms with E-state index in [1.807, 2.05) is 30.3 Å². The Morgan fingerprint density at radius 2 is 1.50 bits per heavy atom. The quantitative estimate of drug-likeness (QED) is 0.813. The van der Waals surface area contributed by atoms with Gasteiger partial charge in [0.05, 0.1) is 0 Å². The molecule has 0 saturated carbocycles. The fraction of sp³-hybridized carbons (Fsp3) is 0.238. The predicted octanol–water partition coefficient (Wildman–Crippen LogP) is 4.70. The second-order valence-electron chi connectivity index (χ2n) is 6.13. The van der Waals surface area contributed by atoms with Crippen LogP contribution in [-0.4, -0.2) is 16.7 Å². The second kappa shape index (κ2) is 6.83. The van der Waals surface area contributed by atoms with Gasteiger partial charge in [-0.2, -0.15) is 0 Å². The number of hydrogen-bond acceptors (Lipinski definition) is 3. The minimum absolute atomic E-state index is 0.0489. The minimum atomic E-state index is -0.580. The molecule has 1 aliphatic rings. The summed E-state index contributed by atoms with van der Waals surface area (Å²) < 4.78 is 0. The number of aliphatic hydroxyl groups is 1. The Kier molecular flexibility index (Phi) is 4.61. The molecule has 0 heterocycles. The molecule has 0 amide bonds. The molecule has 3 nitrogen and oxygen atoms in total. The highest BCUT2D eigenvalue weighted by Gasteiger charge is 2.33. The average Bonchev–Trinajstić information content (AvgIpc) is 2.63. The van der Waals surface area contributed by atoms with Crippen LogP contribution in [0.15, 0.2) is 60.2 Å². The fourth-order valence-electron chi connectivity index (χ4n) is 3.31. The van der Waals surface area contributed by atoms with Crippen LogP contribution in [-0.2, 0) is 4.79 Å². The number of benzene rings is 2. The molecule has 3 rings (SSSR count). The molecule has 24 heavy (non-hydrogen) atoms. The van der Waals surface area contributed by atoms with Gasteiger partial charge in [0.25, 0.3) is 0 Å². The number of carbonyl (C=O) groups is 2. The van der Waals surface area contributed by atoms with Crippen molar-refractivity contribution in [2.24, 2.45) is 0 Å². The number of aliphatic hydroxyl groups excluding tert-OH is 1. The van der Waals surface area contributed by atoms with E-state index in [0.29, 0.717) is 12.0 Å². The van der Waals surface area contributed by atoms with Gasteiger partial charge in [-0.05, 0) is 24.3 Å². The number of ketones is 2. The summed E-state index contributed by atoms with van der Waals surface area (Å²) in [6.07, 6.45) is 2.23. The molecule has 0 saturated heterocycles. The van der Waals surface area contributed by atoms with Crippen molar-refractivity contribution in [3.8, 4) is 0 Å². The van der Waals surface area contributed by atoms with Crippen molar-refractivity contribution in [1.29, 1.82) is 0 Å². The first-order valence-corrected chi connectivity index (χ1v) is 8.29. The number of carbonyl (C=O) groups excluding carboxylic acids is 2. The Balaban J connectivity index is 2.01. The van der Waals surface area contributed by atoms with Crippen LogP contribution < -0.4 is 0 Å². The molecule has 0 unspecified atom stereocenters. The molecule has 2 aromatic carbocycles. The van der Waals surface area contributed by atoms with Crippen LogP contribution in [0.5, 0.6) is 0 Å². The first-order valence-electron chi connectivity index (χ1n) is 8.29. The van der Waals surface area contributed by atoms with Crippen LogP contribution in [0.2, 0.25) is 0 Å². The van der Waals surface area contributed by atoms with Gasteiger partial charge in [0.15, 0.2) is 0 Å². The summed E-state index contributed by atoms with van der Waals surface area (Å²) in [6.45, 7) is 2.09. The molecule has 0 spiro atoms. The monoisotopic (exact) mass is 320 g/mol. The first-order chi connectivity index (χ1) is 11.6. The molecule has 0 aromatic heterocycles. The summed E-state index contributed by atoms with van der Waals surface area (Å²) in [7, 11) is 0. The molecule has 0 aliphatic heterocycles. The van der Waals surface area contributed by atoms with Gasteiger partial charge in [-0.3, -0.25) is 9.59 Å². The Hall–Kier alpha value is -2.68. The van der Waals surface area contributed by atoms with Crippen molar-refractivity contribution in [3.05, 3.63) is 76.9 Å². The van der Waals surface area contributed by atoms with Crippen molar-refractivity contribution in [2.45, 2.75) is 32.1 Å². The summed E-state index contributed by atoms with van der Waals surface area (Å²) in [5.41, 5.74) is 2.11. The van der Waals surface area contributed by atoms with E-state index in [0.717, 1.165) is 18.4 Å². The second-order valence-corrected chi connectivity index (χ2v) is 6.13. The summed E-state index contributed by atoms with van der Waals surface area (Å²) in [5, 5.41) is 10.6. The molecule has 1 atom stereocenters. The lowest BCUT2D eigenvalue weighted by Gasteiger charge is -2.22. The van der Waals surface area contributed by atoms with Gasteiger partial charge in [-0.25, -0.2) is 0 Å². The molecule has 1 N–H and O–H groups in total. The lowest BCUT2D eigenvalue weighted by atomic mass is 9.81. The highest BCUT2D eigenvalue weighted by molar-refractivity contribution is 6.52. The van der Waals surface area contributed by atoms with Gasteiger partial charge in [0.1, 0.15) is 5.76 Å². The van der Waals surface area contributed by atoms with Crippen molar-refractivity contribution in [3.63, 3.8) is 0 Å². The highest BCUT2D eigenvalue weighted by Crippen LogP contribution is 2.35. The lowest BCUT2D eigenvalue weighted by Crippen LogP contribution is -2.25. The molecular weight excluding hydrogens is 300 g/mol. The topological polar surface area (TPSA) is 54.4 Å². The maximum atomic E-state index is 12.5. The molecular formula is C21H20O3. The normalized spacial score (nSPS) is 15.4. The maximum Gasteiger partial charge on any atom is 0.234 e. The van der Waals surface area contributed by atoms with Crippen molar-refractivity contribution >= 4 is 17.3 Å². The van der Waals surface area contributed by atoms with Crippen LogP contribution >= 0.6 is 0 Å². The van der Waals surface area contributed by atoms with E-state index in [4.69, 9.17) is 0 Å². The fourth-order valence-corrected chi connectivity index (χ4v) is 3.31. The predicted molar refractivity (Wildman–Crippen MR) is 94.0 cm³/mol. The molecule has 0 bridgehead atoms.